The van der Waals surface area contributed by atoms with E-state index in [1.807, 2.05) is 0 Å². The fourth-order valence-electron chi connectivity index (χ4n) is 2.68. The number of halogens is 1. The largest absolute Gasteiger partial charge is 0.294 e. The molecule has 21 heavy (non-hydrogen) atoms. The molecule has 2 aliphatic rings. The molecule has 1 saturated carbocycles. The minimum atomic E-state index is -3.85. The van der Waals surface area contributed by atoms with Gasteiger partial charge in [0.15, 0.2) is 5.78 Å². The van der Waals surface area contributed by atoms with Crippen molar-refractivity contribution < 1.29 is 17.6 Å². The monoisotopic (exact) mass is 311 g/mol. The lowest BCUT2D eigenvalue weighted by molar-refractivity contribution is 0.0967. The summed E-state index contributed by atoms with van der Waals surface area (Å²) < 4.78 is 40.4. The van der Waals surface area contributed by atoms with Crippen molar-refractivity contribution in [3.63, 3.8) is 0 Å². The van der Waals surface area contributed by atoms with Crippen LogP contribution in [0.4, 0.5) is 4.39 Å². The summed E-state index contributed by atoms with van der Waals surface area (Å²) in [5, 5.41) is 0. The van der Waals surface area contributed by atoms with E-state index in [9.17, 15) is 17.6 Å². The molecule has 1 aliphatic heterocycles. The highest BCUT2D eigenvalue weighted by Crippen LogP contribution is 2.33. The third kappa shape index (κ3) is 2.87. The molecule has 1 saturated heterocycles. The Labute approximate surface area is 124 Å². The Morgan fingerprint density at radius 3 is 2.43 bits per heavy atom. The van der Waals surface area contributed by atoms with Gasteiger partial charge in [0.1, 0.15) is 10.7 Å². The maximum Gasteiger partial charge on any atom is 0.246 e. The van der Waals surface area contributed by atoms with Gasteiger partial charge in [0.05, 0.1) is 0 Å². The van der Waals surface area contributed by atoms with Gasteiger partial charge in [-0.15, -0.1) is 0 Å². The van der Waals surface area contributed by atoms with Crippen molar-refractivity contribution in [2.75, 3.05) is 13.1 Å². The molecular weight excluding hydrogens is 293 g/mol. The highest BCUT2D eigenvalue weighted by atomic mass is 32.2. The third-order valence-electron chi connectivity index (χ3n) is 4.10. The normalized spacial score (nSPS) is 20.4. The van der Waals surface area contributed by atoms with Crippen LogP contribution in [0.15, 0.2) is 23.1 Å². The van der Waals surface area contributed by atoms with E-state index in [0.29, 0.717) is 18.7 Å². The average molecular weight is 311 g/mol. The van der Waals surface area contributed by atoms with E-state index < -0.39 is 15.8 Å². The summed E-state index contributed by atoms with van der Waals surface area (Å²) >= 11 is 0. The van der Waals surface area contributed by atoms with Crippen LogP contribution in [0.1, 0.15) is 42.5 Å². The number of piperidine rings is 1. The van der Waals surface area contributed by atoms with Gasteiger partial charge in [0, 0.05) is 24.6 Å². The molecule has 0 unspecified atom stereocenters. The van der Waals surface area contributed by atoms with Crippen molar-refractivity contribution in [3.8, 4) is 0 Å². The maximum absolute atomic E-state index is 14.0. The van der Waals surface area contributed by atoms with Crippen molar-refractivity contribution in [2.45, 2.75) is 37.0 Å². The fourth-order valence-corrected chi connectivity index (χ4v) is 4.29. The summed E-state index contributed by atoms with van der Waals surface area (Å²) in [4.78, 5) is 11.7. The quantitative estimate of drug-likeness (QED) is 0.803. The van der Waals surface area contributed by atoms with Crippen LogP contribution in [0, 0.1) is 11.7 Å². The van der Waals surface area contributed by atoms with Gasteiger partial charge in [-0.05, 0) is 43.9 Å². The second kappa shape index (κ2) is 5.50. The number of sulfonamides is 1. The summed E-state index contributed by atoms with van der Waals surface area (Å²) in [6.45, 7) is 0.838. The molecule has 0 bridgehead atoms. The first-order chi connectivity index (χ1) is 10.00. The molecule has 0 N–H and O–H groups in total. The first kappa shape index (κ1) is 14.7. The van der Waals surface area contributed by atoms with E-state index in [4.69, 9.17) is 0 Å². The van der Waals surface area contributed by atoms with Gasteiger partial charge in [0.2, 0.25) is 10.0 Å². The predicted octanol–water partition coefficient (Wildman–Crippen LogP) is 2.59. The Kier molecular flexibility index (Phi) is 3.84. The predicted molar refractivity (Wildman–Crippen MR) is 76.1 cm³/mol. The van der Waals surface area contributed by atoms with Gasteiger partial charge in [-0.25, -0.2) is 12.8 Å². The van der Waals surface area contributed by atoms with Crippen LogP contribution >= 0.6 is 0 Å². The maximum atomic E-state index is 14.0. The molecule has 1 aromatic carbocycles. The van der Waals surface area contributed by atoms with Crippen LogP contribution in [0.2, 0.25) is 0 Å². The Morgan fingerprint density at radius 1 is 1.14 bits per heavy atom. The molecule has 1 heterocycles. The summed E-state index contributed by atoms with van der Waals surface area (Å²) in [5.74, 6) is -0.876. The lowest BCUT2D eigenvalue weighted by atomic mass is 10.1. The van der Waals surface area contributed by atoms with Crippen molar-refractivity contribution in [2.24, 2.45) is 5.92 Å². The molecular formula is C15H18FNO3S. The van der Waals surface area contributed by atoms with Gasteiger partial charge in [-0.1, -0.05) is 6.42 Å². The Bertz CT molecular complexity index is 661. The molecule has 0 amide bonds. The molecule has 114 valence electrons. The van der Waals surface area contributed by atoms with Crippen molar-refractivity contribution in [3.05, 3.63) is 29.6 Å². The van der Waals surface area contributed by atoms with Crippen LogP contribution in [0.25, 0.3) is 0 Å². The smallest absolute Gasteiger partial charge is 0.246 e. The van der Waals surface area contributed by atoms with Crippen molar-refractivity contribution >= 4 is 15.8 Å². The molecule has 1 aromatic rings. The number of carbonyl (C=O) groups excluding carboxylic acids is 1. The minimum absolute atomic E-state index is 0.0130. The Hall–Kier alpha value is -1.27. The summed E-state index contributed by atoms with van der Waals surface area (Å²) in [5.41, 5.74) is 0.300. The topological polar surface area (TPSA) is 54.5 Å². The fraction of sp³-hybridized carbons (Fsp3) is 0.533. The lowest BCUT2D eigenvalue weighted by Crippen LogP contribution is -2.36. The first-order valence-electron chi connectivity index (χ1n) is 7.34. The average Bonchev–Trinajstić information content (AvgIpc) is 3.32. The van der Waals surface area contributed by atoms with Crippen LogP contribution in [0.5, 0.6) is 0 Å². The zero-order chi connectivity index (χ0) is 15.0. The number of nitrogens with zero attached hydrogens (tertiary/aromatic N) is 1. The molecule has 1 aliphatic carbocycles. The van der Waals surface area contributed by atoms with Gasteiger partial charge >= 0.3 is 0 Å². The zero-order valence-electron chi connectivity index (χ0n) is 11.7. The molecule has 0 spiro atoms. The van der Waals surface area contributed by atoms with Gasteiger partial charge < -0.3 is 0 Å². The minimum Gasteiger partial charge on any atom is -0.294 e. The summed E-state index contributed by atoms with van der Waals surface area (Å²) in [6, 6.07) is 3.68. The van der Waals surface area contributed by atoms with Crippen molar-refractivity contribution in [1.82, 2.24) is 4.31 Å². The zero-order valence-corrected chi connectivity index (χ0v) is 12.5. The SMILES string of the molecule is O=C(c1ccc(F)c(S(=O)(=O)N2CCCCC2)c1)C1CC1. The molecule has 0 aromatic heterocycles. The molecule has 0 radical (unpaired) electrons. The van der Waals surface area contributed by atoms with Crippen LogP contribution in [-0.4, -0.2) is 31.6 Å². The molecule has 6 heteroatoms. The van der Waals surface area contributed by atoms with E-state index in [0.717, 1.165) is 38.2 Å². The number of benzene rings is 1. The number of ketones is 1. The van der Waals surface area contributed by atoms with Gasteiger partial charge in [0.25, 0.3) is 0 Å². The Morgan fingerprint density at radius 2 is 1.81 bits per heavy atom. The van der Waals surface area contributed by atoms with E-state index in [2.05, 4.69) is 0 Å². The summed E-state index contributed by atoms with van der Waals surface area (Å²) in [7, 11) is -3.85. The van der Waals surface area contributed by atoms with E-state index in [-0.39, 0.29) is 16.6 Å². The first-order valence-corrected chi connectivity index (χ1v) is 8.78. The lowest BCUT2D eigenvalue weighted by Gasteiger charge is -2.26. The third-order valence-corrected chi connectivity index (χ3v) is 6.01. The molecule has 3 rings (SSSR count). The van der Waals surface area contributed by atoms with Gasteiger partial charge in [-0.2, -0.15) is 4.31 Å². The molecule has 2 fully saturated rings. The van der Waals surface area contributed by atoms with Crippen molar-refractivity contribution in [1.29, 1.82) is 0 Å². The second-order valence-electron chi connectivity index (χ2n) is 5.75. The van der Waals surface area contributed by atoms with Gasteiger partial charge in [-0.3, -0.25) is 4.79 Å². The second-order valence-corrected chi connectivity index (χ2v) is 7.65. The highest BCUT2D eigenvalue weighted by Gasteiger charge is 2.33. The standard InChI is InChI=1S/C15H18FNO3S/c16-13-7-6-12(15(18)11-4-5-11)10-14(13)21(19,20)17-8-2-1-3-9-17/h6-7,10-11H,1-5,8-9H2. The molecule has 0 atom stereocenters. The molecule has 4 nitrogen and oxygen atoms in total. The number of Topliss-reactive ketones (excluding diaryl/α,β-unsaturated/α-hetero) is 1. The number of carbonyl (C=O) groups is 1. The van der Waals surface area contributed by atoms with Crippen LogP contribution in [-0.2, 0) is 10.0 Å². The van der Waals surface area contributed by atoms with Crippen LogP contribution < -0.4 is 0 Å². The number of hydrogen-bond donors (Lipinski definition) is 0. The number of rotatable bonds is 4. The van der Waals surface area contributed by atoms with Crippen LogP contribution in [0.3, 0.4) is 0 Å². The van der Waals surface area contributed by atoms with E-state index >= 15 is 0 Å². The highest BCUT2D eigenvalue weighted by molar-refractivity contribution is 7.89. The summed E-state index contributed by atoms with van der Waals surface area (Å²) in [6.07, 6.45) is 4.26. The Balaban J connectivity index is 1.96. The number of hydrogen-bond acceptors (Lipinski definition) is 3. The van der Waals surface area contributed by atoms with E-state index in [1.54, 1.807) is 0 Å². The van der Waals surface area contributed by atoms with E-state index in [1.165, 1.54) is 16.4 Å².